The molecule has 5 heteroatoms. The van der Waals surface area contributed by atoms with Crippen LogP contribution in [0, 0.1) is 0 Å². The van der Waals surface area contributed by atoms with Crippen LogP contribution in [0.5, 0.6) is 5.75 Å². The first-order chi connectivity index (χ1) is 9.88. The molecule has 0 unspecified atom stereocenters. The summed E-state index contributed by atoms with van der Waals surface area (Å²) in [5.41, 5.74) is 7.63. The van der Waals surface area contributed by atoms with Gasteiger partial charge in [-0.25, -0.2) is 0 Å². The zero-order chi connectivity index (χ0) is 15.8. The number of carbonyl (C=O) groups is 1. The molecular formula is C16H27N3O2. The maximum Gasteiger partial charge on any atom is 0.220 e. The van der Waals surface area contributed by atoms with Crippen molar-refractivity contribution in [2.75, 3.05) is 32.9 Å². The summed E-state index contributed by atoms with van der Waals surface area (Å²) in [5, 5.41) is 2.90. The number of amides is 1. The van der Waals surface area contributed by atoms with Crippen LogP contribution in [-0.2, 0) is 11.2 Å². The smallest absolute Gasteiger partial charge is 0.220 e. The third kappa shape index (κ3) is 6.99. The monoisotopic (exact) mass is 293 g/mol. The summed E-state index contributed by atoms with van der Waals surface area (Å²) in [7, 11) is 3.96. The first kappa shape index (κ1) is 17.3. The molecule has 0 aliphatic heterocycles. The minimum Gasteiger partial charge on any atom is -0.489 e. The number of rotatable bonds is 8. The zero-order valence-electron chi connectivity index (χ0n) is 13.5. The van der Waals surface area contributed by atoms with Crippen LogP contribution >= 0.6 is 0 Å². The van der Waals surface area contributed by atoms with Gasteiger partial charge in [-0.2, -0.15) is 0 Å². The Balaban J connectivity index is 2.41. The van der Waals surface area contributed by atoms with Crippen LogP contribution in [0.3, 0.4) is 0 Å². The molecule has 21 heavy (non-hydrogen) atoms. The number of nitrogen functional groups attached to an aromatic ring is 1. The molecule has 0 bridgehead atoms. The lowest BCUT2D eigenvalue weighted by Crippen LogP contribution is -2.31. The Bertz CT molecular complexity index is 459. The van der Waals surface area contributed by atoms with Crippen LogP contribution in [0.15, 0.2) is 18.2 Å². The number of carbonyl (C=O) groups excluding carboxylic acids is 1. The summed E-state index contributed by atoms with van der Waals surface area (Å²) in [6.45, 7) is 5.45. The normalized spacial score (nSPS) is 11.0. The van der Waals surface area contributed by atoms with E-state index in [9.17, 15) is 4.79 Å². The molecule has 5 nitrogen and oxygen atoms in total. The molecular weight excluding hydrogens is 266 g/mol. The molecule has 0 saturated carbocycles. The maximum absolute atomic E-state index is 11.7. The van der Waals surface area contributed by atoms with Crippen LogP contribution < -0.4 is 15.8 Å². The molecule has 0 aromatic heterocycles. The number of anilines is 1. The van der Waals surface area contributed by atoms with Crippen molar-refractivity contribution in [3.05, 3.63) is 23.8 Å². The van der Waals surface area contributed by atoms with Crippen LogP contribution in [-0.4, -0.2) is 44.1 Å². The van der Waals surface area contributed by atoms with Crippen LogP contribution in [0.1, 0.15) is 25.8 Å². The standard InChI is InChI=1S/C16H27N3O2/c1-12(2)21-15-7-5-13(11-14(15)17)6-8-16(20)18-9-10-19(3)4/h5,7,11-12H,6,8-10,17H2,1-4H3,(H,18,20). The number of likely N-dealkylation sites (N-methyl/N-ethyl adjacent to an activating group) is 1. The summed E-state index contributed by atoms with van der Waals surface area (Å²) in [6, 6.07) is 5.71. The highest BCUT2D eigenvalue weighted by molar-refractivity contribution is 5.76. The van der Waals surface area contributed by atoms with E-state index in [1.54, 1.807) is 0 Å². The minimum atomic E-state index is 0.0675. The summed E-state index contributed by atoms with van der Waals surface area (Å²) < 4.78 is 5.59. The van der Waals surface area contributed by atoms with Gasteiger partial charge in [-0.3, -0.25) is 4.79 Å². The van der Waals surface area contributed by atoms with Crippen LogP contribution in [0.2, 0.25) is 0 Å². The molecule has 1 aromatic rings. The quantitative estimate of drug-likeness (QED) is 0.715. The van der Waals surface area contributed by atoms with Gasteiger partial charge in [-0.05, 0) is 52.1 Å². The Morgan fingerprint density at radius 3 is 2.67 bits per heavy atom. The fraction of sp³-hybridized carbons (Fsp3) is 0.562. The summed E-state index contributed by atoms with van der Waals surface area (Å²) in [5.74, 6) is 0.766. The minimum absolute atomic E-state index is 0.0675. The van der Waals surface area contributed by atoms with Crippen LogP contribution in [0.25, 0.3) is 0 Å². The summed E-state index contributed by atoms with van der Waals surface area (Å²) >= 11 is 0. The third-order valence-electron chi connectivity index (χ3n) is 2.96. The van der Waals surface area contributed by atoms with Gasteiger partial charge in [0.1, 0.15) is 5.75 Å². The largest absolute Gasteiger partial charge is 0.489 e. The molecule has 3 N–H and O–H groups in total. The summed E-state index contributed by atoms with van der Waals surface area (Å²) in [4.78, 5) is 13.7. The Morgan fingerprint density at radius 1 is 1.38 bits per heavy atom. The molecule has 0 aliphatic rings. The Morgan fingerprint density at radius 2 is 2.10 bits per heavy atom. The van der Waals surface area contributed by atoms with Gasteiger partial charge in [-0.1, -0.05) is 6.07 Å². The van der Waals surface area contributed by atoms with E-state index in [1.165, 1.54) is 0 Å². The molecule has 1 amide bonds. The third-order valence-corrected chi connectivity index (χ3v) is 2.96. The van der Waals surface area contributed by atoms with Crippen molar-refractivity contribution in [1.29, 1.82) is 0 Å². The molecule has 0 saturated heterocycles. The van der Waals surface area contributed by atoms with E-state index >= 15 is 0 Å². The van der Waals surface area contributed by atoms with Crippen LogP contribution in [0.4, 0.5) is 5.69 Å². The van der Waals surface area contributed by atoms with E-state index in [0.29, 0.717) is 30.8 Å². The van der Waals surface area contributed by atoms with Gasteiger partial charge in [0.2, 0.25) is 5.91 Å². The van der Waals surface area contributed by atoms with Crippen molar-refractivity contribution in [1.82, 2.24) is 10.2 Å². The molecule has 0 fully saturated rings. The topological polar surface area (TPSA) is 67.6 Å². The SMILES string of the molecule is CC(C)Oc1ccc(CCC(=O)NCCN(C)C)cc1N. The molecule has 1 rings (SSSR count). The lowest BCUT2D eigenvalue weighted by molar-refractivity contribution is -0.121. The number of aryl methyl sites for hydroxylation is 1. The fourth-order valence-corrected chi connectivity index (χ4v) is 1.88. The van der Waals surface area contributed by atoms with E-state index in [0.717, 1.165) is 12.1 Å². The van der Waals surface area contributed by atoms with E-state index < -0.39 is 0 Å². The Kier molecular flexibility index (Phi) is 7.02. The number of hydrogen-bond donors (Lipinski definition) is 2. The van der Waals surface area contributed by atoms with Gasteiger partial charge in [0, 0.05) is 19.5 Å². The average molecular weight is 293 g/mol. The first-order valence-corrected chi connectivity index (χ1v) is 7.35. The predicted octanol–water partition coefficient (Wildman–Crippen LogP) is 1.67. The van der Waals surface area contributed by atoms with E-state index in [-0.39, 0.29) is 12.0 Å². The number of ether oxygens (including phenoxy) is 1. The highest BCUT2D eigenvalue weighted by atomic mass is 16.5. The second-order valence-electron chi connectivity index (χ2n) is 5.69. The number of benzene rings is 1. The average Bonchev–Trinajstić information content (AvgIpc) is 2.38. The van der Waals surface area contributed by atoms with Gasteiger partial charge < -0.3 is 20.7 Å². The van der Waals surface area contributed by atoms with Gasteiger partial charge in [0.15, 0.2) is 0 Å². The number of nitrogens with one attached hydrogen (secondary N) is 1. The Hall–Kier alpha value is -1.75. The summed E-state index contributed by atoms with van der Waals surface area (Å²) in [6.07, 6.45) is 1.25. The maximum atomic E-state index is 11.7. The molecule has 0 aliphatic carbocycles. The van der Waals surface area contributed by atoms with Crippen molar-refractivity contribution >= 4 is 11.6 Å². The van der Waals surface area contributed by atoms with Crippen molar-refractivity contribution in [3.8, 4) is 5.75 Å². The first-order valence-electron chi connectivity index (χ1n) is 7.35. The Labute approximate surface area is 127 Å². The molecule has 0 spiro atoms. The van der Waals surface area contributed by atoms with E-state index in [1.807, 2.05) is 51.0 Å². The number of hydrogen-bond acceptors (Lipinski definition) is 4. The highest BCUT2D eigenvalue weighted by Crippen LogP contribution is 2.24. The van der Waals surface area contributed by atoms with Gasteiger partial charge in [0.05, 0.1) is 11.8 Å². The molecule has 118 valence electrons. The van der Waals surface area contributed by atoms with Gasteiger partial charge in [0.25, 0.3) is 0 Å². The molecule has 0 heterocycles. The fourth-order valence-electron chi connectivity index (χ4n) is 1.88. The predicted molar refractivity (Wildman–Crippen MR) is 86.5 cm³/mol. The number of nitrogens with two attached hydrogens (primary N) is 1. The zero-order valence-corrected chi connectivity index (χ0v) is 13.5. The van der Waals surface area contributed by atoms with Crippen molar-refractivity contribution in [2.45, 2.75) is 32.8 Å². The molecule has 1 aromatic carbocycles. The lowest BCUT2D eigenvalue weighted by atomic mass is 10.1. The van der Waals surface area contributed by atoms with E-state index in [4.69, 9.17) is 10.5 Å². The highest BCUT2D eigenvalue weighted by Gasteiger charge is 2.06. The van der Waals surface area contributed by atoms with E-state index in [2.05, 4.69) is 5.32 Å². The number of nitrogens with zero attached hydrogens (tertiary/aromatic N) is 1. The second kappa shape index (κ2) is 8.52. The van der Waals surface area contributed by atoms with Gasteiger partial charge in [-0.15, -0.1) is 0 Å². The van der Waals surface area contributed by atoms with Crippen molar-refractivity contribution in [3.63, 3.8) is 0 Å². The van der Waals surface area contributed by atoms with Gasteiger partial charge >= 0.3 is 0 Å². The molecule has 0 atom stereocenters. The molecule has 0 radical (unpaired) electrons. The van der Waals surface area contributed by atoms with Crippen molar-refractivity contribution in [2.24, 2.45) is 0 Å². The van der Waals surface area contributed by atoms with Crippen molar-refractivity contribution < 1.29 is 9.53 Å². The second-order valence-corrected chi connectivity index (χ2v) is 5.69. The lowest BCUT2D eigenvalue weighted by Gasteiger charge is -2.13.